The van der Waals surface area contributed by atoms with Gasteiger partial charge in [0, 0.05) is 11.6 Å². The lowest BCUT2D eigenvalue weighted by Crippen LogP contribution is -2.20. The lowest BCUT2D eigenvalue weighted by Gasteiger charge is -2.14. The molecule has 116 valence electrons. The monoisotopic (exact) mass is 299 g/mol. The molecule has 5 nitrogen and oxygen atoms in total. The molecule has 2 aromatic rings. The van der Waals surface area contributed by atoms with E-state index >= 15 is 0 Å². The number of nitrogens with zero attached hydrogens (tertiary/aromatic N) is 2. The van der Waals surface area contributed by atoms with Crippen LogP contribution in [0.1, 0.15) is 35.2 Å². The second-order valence-corrected chi connectivity index (χ2v) is 5.84. The van der Waals surface area contributed by atoms with Crippen LogP contribution >= 0.6 is 0 Å². The van der Waals surface area contributed by atoms with Crippen LogP contribution in [-0.4, -0.2) is 40.6 Å². The summed E-state index contributed by atoms with van der Waals surface area (Å²) in [7, 11) is 0. The van der Waals surface area contributed by atoms with Gasteiger partial charge < -0.3 is 4.90 Å². The van der Waals surface area contributed by atoms with Gasteiger partial charge in [-0.1, -0.05) is 6.07 Å². The van der Waals surface area contributed by atoms with E-state index in [1.807, 2.05) is 6.07 Å². The van der Waals surface area contributed by atoms with Gasteiger partial charge in [0.05, 0.1) is 11.1 Å². The van der Waals surface area contributed by atoms with Crippen LogP contribution < -0.4 is 5.48 Å². The molecule has 1 aliphatic heterocycles. The van der Waals surface area contributed by atoms with Crippen LogP contribution in [0, 0.1) is 0 Å². The number of carbonyl (C=O) groups is 1. The molecule has 1 saturated heterocycles. The van der Waals surface area contributed by atoms with Gasteiger partial charge in [-0.05, 0) is 69.1 Å². The second-order valence-electron chi connectivity index (χ2n) is 5.84. The first-order valence-electron chi connectivity index (χ1n) is 7.82. The van der Waals surface area contributed by atoms with Gasteiger partial charge in [0.15, 0.2) is 0 Å². The summed E-state index contributed by atoms with van der Waals surface area (Å²) in [6.45, 7) is 3.63. The molecule has 0 radical (unpaired) electrons. The van der Waals surface area contributed by atoms with Crippen LogP contribution in [0.5, 0.6) is 0 Å². The molecule has 1 aromatic heterocycles. The standard InChI is InChI=1S/C17H21N3O2/c21-17(19-22)15-11-14-10-13(5-6-16(14)18-12-15)4-3-9-20-7-1-2-8-20/h5-6,10-12,22H,1-4,7-9H2,(H,19,21). The molecule has 0 saturated carbocycles. The molecule has 0 unspecified atom stereocenters. The summed E-state index contributed by atoms with van der Waals surface area (Å²) in [6.07, 6.45) is 6.31. The first-order chi connectivity index (χ1) is 10.8. The fourth-order valence-corrected chi connectivity index (χ4v) is 3.04. The number of carbonyl (C=O) groups excluding carboxylic acids is 1. The molecule has 1 fully saturated rings. The molecule has 1 aromatic carbocycles. The number of likely N-dealkylation sites (tertiary alicyclic amines) is 1. The fourth-order valence-electron chi connectivity index (χ4n) is 3.04. The summed E-state index contributed by atoms with van der Waals surface area (Å²) in [5, 5.41) is 9.63. The molecule has 0 aliphatic carbocycles. The Morgan fingerprint density at radius 2 is 2.09 bits per heavy atom. The topological polar surface area (TPSA) is 65.5 Å². The van der Waals surface area contributed by atoms with E-state index in [0.29, 0.717) is 5.56 Å². The summed E-state index contributed by atoms with van der Waals surface area (Å²) in [5.74, 6) is -0.533. The lowest BCUT2D eigenvalue weighted by molar-refractivity contribution is 0.0706. The van der Waals surface area contributed by atoms with Crippen LogP contribution in [0.4, 0.5) is 0 Å². The Morgan fingerprint density at radius 1 is 1.27 bits per heavy atom. The number of pyridine rings is 1. The first-order valence-corrected chi connectivity index (χ1v) is 7.82. The van der Waals surface area contributed by atoms with Crippen molar-refractivity contribution in [3.63, 3.8) is 0 Å². The highest BCUT2D eigenvalue weighted by atomic mass is 16.5. The normalized spacial score (nSPS) is 15.3. The Kier molecular flexibility index (Phi) is 4.65. The van der Waals surface area contributed by atoms with Crippen LogP contribution in [-0.2, 0) is 6.42 Å². The predicted octanol–water partition coefficient (Wildman–Crippen LogP) is 2.38. The molecule has 0 bridgehead atoms. The number of benzene rings is 1. The summed E-state index contributed by atoms with van der Waals surface area (Å²) in [5.41, 5.74) is 4.13. The maximum Gasteiger partial charge on any atom is 0.276 e. The number of hydrogen-bond acceptors (Lipinski definition) is 4. The Balaban J connectivity index is 1.69. The summed E-state index contributed by atoms with van der Waals surface area (Å²) in [6, 6.07) is 7.94. The van der Waals surface area contributed by atoms with E-state index in [-0.39, 0.29) is 0 Å². The number of hydroxylamine groups is 1. The van der Waals surface area contributed by atoms with E-state index < -0.39 is 5.91 Å². The molecule has 1 amide bonds. The number of aromatic nitrogens is 1. The van der Waals surface area contributed by atoms with Crippen molar-refractivity contribution in [1.82, 2.24) is 15.4 Å². The highest BCUT2D eigenvalue weighted by Gasteiger charge is 2.11. The zero-order valence-corrected chi connectivity index (χ0v) is 12.6. The van der Waals surface area contributed by atoms with Gasteiger partial charge in [0.1, 0.15) is 0 Å². The fraction of sp³-hybridized carbons (Fsp3) is 0.412. The van der Waals surface area contributed by atoms with Crippen molar-refractivity contribution < 1.29 is 10.0 Å². The maximum absolute atomic E-state index is 11.5. The number of rotatable bonds is 5. The summed E-state index contributed by atoms with van der Waals surface area (Å²) < 4.78 is 0. The van der Waals surface area contributed by atoms with E-state index in [4.69, 9.17) is 5.21 Å². The van der Waals surface area contributed by atoms with Gasteiger partial charge in [0.25, 0.3) is 5.91 Å². The quantitative estimate of drug-likeness (QED) is 0.657. The van der Waals surface area contributed by atoms with Crippen molar-refractivity contribution in [3.8, 4) is 0 Å². The molecule has 1 aliphatic rings. The molecule has 2 N–H and O–H groups in total. The average molecular weight is 299 g/mol. The molecular weight excluding hydrogens is 278 g/mol. The van der Waals surface area contributed by atoms with Gasteiger partial charge in [-0.3, -0.25) is 15.0 Å². The third-order valence-corrected chi connectivity index (χ3v) is 4.25. The third-order valence-electron chi connectivity index (χ3n) is 4.25. The van der Waals surface area contributed by atoms with Crippen molar-refractivity contribution in [2.75, 3.05) is 19.6 Å². The highest BCUT2D eigenvalue weighted by Crippen LogP contribution is 2.17. The van der Waals surface area contributed by atoms with E-state index in [1.54, 1.807) is 11.5 Å². The minimum absolute atomic E-state index is 0.365. The van der Waals surface area contributed by atoms with Gasteiger partial charge in [-0.25, -0.2) is 5.48 Å². The van der Waals surface area contributed by atoms with Crippen molar-refractivity contribution in [3.05, 3.63) is 41.6 Å². The van der Waals surface area contributed by atoms with Gasteiger partial charge >= 0.3 is 0 Å². The molecule has 2 heterocycles. The largest absolute Gasteiger partial charge is 0.303 e. The van der Waals surface area contributed by atoms with E-state index in [9.17, 15) is 4.79 Å². The minimum Gasteiger partial charge on any atom is -0.303 e. The number of nitrogens with one attached hydrogen (secondary N) is 1. The molecule has 0 spiro atoms. The highest BCUT2D eigenvalue weighted by molar-refractivity contribution is 5.96. The zero-order chi connectivity index (χ0) is 15.4. The minimum atomic E-state index is -0.533. The number of fused-ring (bicyclic) bond motifs is 1. The van der Waals surface area contributed by atoms with Crippen LogP contribution in [0.3, 0.4) is 0 Å². The summed E-state index contributed by atoms with van der Waals surface area (Å²) >= 11 is 0. The molecule has 5 heteroatoms. The summed E-state index contributed by atoms with van der Waals surface area (Å²) in [4.78, 5) is 18.2. The van der Waals surface area contributed by atoms with E-state index in [1.165, 1.54) is 37.7 Å². The van der Waals surface area contributed by atoms with E-state index in [2.05, 4.69) is 22.0 Å². The molecular formula is C17H21N3O2. The first kappa shape index (κ1) is 14.9. The van der Waals surface area contributed by atoms with Gasteiger partial charge in [-0.2, -0.15) is 0 Å². The number of aryl methyl sites for hydroxylation is 1. The van der Waals surface area contributed by atoms with Crippen LogP contribution in [0.25, 0.3) is 10.9 Å². The second kappa shape index (κ2) is 6.85. The van der Waals surface area contributed by atoms with Crippen molar-refractivity contribution in [2.24, 2.45) is 0 Å². The van der Waals surface area contributed by atoms with Gasteiger partial charge in [-0.15, -0.1) is 0 Å². The number of amides is 1. The Labute approximate surface area is 129 Å². The zero-order valence-electron chi connectivity index (χ0n) is 12.6. The predicted molar refractivity (Wildman–Crippen MR) is 85.0 cm³/mol. The SMILES string of the molecule is O=C(NO)c1cnc2ccc(CCCN3CCCC3)cc2c1. The number of hydrogen-bond donors (Lipinski definition) is 2. The third kappa shape index (κ3) is 3.43. The lowest BCUT2D eigenvalue weighted by atomic mass is 10.1. The molecule has 22 heavy (non-hydrogen) atoms. The Bertz CT molecular complexity index is 666. The van der Waals surface area contributed by atoms with E-state index in [0.717, 1.165) is 30.3 Å². The Morgan fingerprint density at radius 3 is 2.86 bits per heavy atom. The molecule has 0 atom stereocenters. The Hall–Kier alpha value is -1.98. The van der Waals surface area contributed by atoms with Crippen LogP contribution in [0.2, 0.25) is 0 Å². The average Bonchev–Trinajstić information content (AvgIpc) is 3.07. The van der Waals surface area contributed by atoms with Gasteiger partial charge in [0.2, 0.25) is 0 Å². The van der Waals surface area contributed by atoms with Crippen molar-refractivity contribution >= 4 is 16.8 Å². The maximum atomic E-state index is 11.5. The van der Waals surface area contributed by atoms with Crippen LogP contribution in [0.15, 0.2) is 30.5 Å². The smallest absolute Gasteiger partial charge is 0.276 e. The van der Waals surface area contributed by atoms with Crippen molar-refractivity contribution in [1.29, 1.82) is 0 Å². The van der Waals surface area contributed by atoms with Crippen molar-refractivity contribution in [2.45, 2.75) is 25.7 Å². The molecule has 3 rings (SSSR count).